The maximum atomic E-state index is 13.1. The van der Waals surface area contributed by atoms with Crippen molar-refractivity contribution in [3.05, 3.63) is 50.1 Å². The summed E-state index contributed by atoms with van der Waals surface area (Å²) in [5.41, 5.74) is 1.53. The van der Waals surface area contributed by atoms with Crippen molar-refractivity contribution in [2.24, 2.45) is 0 Å². The maximum Gasteiger partial charge on any atom is 0.267 e. The van der Waals surface area contributed by atoms with Gasteiger partial charge in [-0.15, -0.1) is 11.3 Å². The highest BCUT2D eigenvalue weighted by Gasteiger charge is 2.19. The minimum Gasteiger partial charge on any atom is -0.268 e. The van der Waals surface area contributed by atoms with Crippen molar-refractivity contribution in [1.82, 2.24) is 9.55 Å². The van der Waals surface area contributed by atoms with E-state index in [0.29, 0.717) is 26.1 Å². The lowest BCUT2D eigenvalue weighted by Gasteiger charge is -2.13. The molecule has 1 unspecified atom stereocenters. The molecule has 0 radical (unpaired) electrons. The van der Waals surface area contributed by atoms with E-state index < -0.39 is 0 Å². The van der Waals surface area contributed by atoms with Crippen molar-refractivity contribution < 1.29 is 0 Å². The zero-order chi connectivity index (χ0) is 17.4. The van der Waals surface area contributed by atoms with Crippen LogP contribution in [0.3, 0.4) is 0 Å². The van der Waals surface area contributed by atoms with Gasteiger partial charge < -0.3 is 0 Å². The van der Waals surface area contributed by atoms with Gasteiger partial charge in [0.1, 0.15) is 4.83 Å². The summed E-state index contributed by atoms with van der Waals surface area (Å²) < 4.78 is 1.57. The Labute approximate surface area is 152 Å². The van der Waals surface area contributed by atoms with Crippen LogP contribution in [0.5, 0.6) is 0 Å². The van der Waals surface area contributed by atoms with Gasteiger partial charge in [0.25, 0.3) is 5.56 Å². The molecule has 0 N–H and O–H groups in total. The second kappa shape index (κ2) is 6.60. The molecule has 0 saturated carbocycles. The van der Waals surface area contributed by atoms with Gasteiger partial charge in [-0.05, 0) is 50.6 Å². The highest BCUT2D eigenvalue weighted by molar-refractivity contribution is 8.00. The Morgan fingerprint density at radius 3 is 2.62 bits per heavy atom. The van der Waals surface area contributed by atoms with Gasteiger partial charge in [0.2, 0.25) is 0 Å². The number of nitrogens with zero attached hydrogens (tertiary/aromatic N) is 3. The van der Waals surface area contributed by atoms with E-state index in [1.54, 1.807) is 35.8 Å². The number of thiophene rings is 1. The van der Waals surface area contributed by atoms with Crippen LogP contribution in [-0.2, 0) is 0 Å². The minimum absolute atomic E-state index is 0.114. The summed E-state index contributed by atoms with van der Waals surface area (Å²) in [6.07, 6.45) is 0. The fraction of sp³-hybridized carbons (Fsp3) is 0.235. The number of fused-ring (bicyclic) bond motifs is 1. The molecule has 3 aromatic rings. The molecule has 1 atom stereocenters. The Morgan fingerprint density at radius 1 is 1.33 bits per heavy atom. The molecule has 122 valence electrons. The van der Waals surface area contributed by atoms with Crippen LogP contribution in [0.2, 0.25) is 5.02 Å². The molecule has 2 heterocycles. The quantitative estimate of drug-likeness (QED) is 0.490. The molecule has 0 aliphatic carbocycles. The van der Waals surface area contributed by atoms with Crippen molar-refractivity contribution >= 4 is 44.9 Å². The number of aryl methyl sites for hydroxylation is 2. The SMILES string of the molecule is Cc1sc2nc(SC(C)C#N)n(-c3ccc(Cl)cc3)c(=O)c2c1C. The highest BCUT2D eigenvalue weighted by atomic mass is 35.5. The van der Waals surface area contributed by atoms with Gasteiger partial charge in [-0.3, -0.25) is 9.36 Å². The Hall–Kier alpha value is -1.81. The van der Waals surface area contributed by atoms with Crippen LogP contribution in [0.4, 0.5) is 0 Å². The number of hydrogen-bond donors (Lipinski definition) is 0. The second-order valence-corrected chi connectivity index (χ2v) is 8.31. The summed E-state index contributed by atoms with van der Waals surface area (Å²) in [7, 11) is 0. The van der Waals surface area contributed by atoms with Crippen molar-refractivity contribution in [2.75, 3.05) is 0 Å². The van der Waals surface area contributed by atoms with Crippen LogP contribution in [0, 0.1) is 25.2 Å². The predicted molar refractivity (Wildman–Crippen MR) is 101 cm³/mol. The molecule has 0 spiro atoms. The molecule has 0 fully saturated rings. The third-order valence-electron chi connectivity index (χ3n) is 3.72. The molecule has 3 rings (SSSR count). The number of rotatable bonds is 3. The number of benzene rings is 1. The highest BCUT2D eigenvalue weighted by Crippen LogP contribution is 2.30. The summed E-state index contributed by atoms with van der Waals surface area (Å²) in [6.45, 7) is 5.71. The zero-order valence-electron chi connectivity index (χ0n) is 13.3. The zero-order valence-corrected chi connectivity index (χ0v) is 15.7. The first-order valence-electron chi connectivity index (χ1n) is 7.27. The first-order valence-corrected chi connectivity index (χ1v) is 9.34. The summed E-state index contributed by atoms with van der Waals surface area (Å²) >= 11 is 8.74. The molecule has 2 aromatic heterocycles. The Balaban J connectivity index is 2.34. The number of nitriles is 1. The molecule has 24 heavy (non-hydrogen) atoms. The number of aromatic nitrogens is 2. The molecule has 0 aliphatic heterocycles. The van der Waals surface area contributed by atoms with Crippen molar-refractivity contribution in [2.45, 2.75) is 31.2 Å². The van der Waals surface area contributed by atoms with Crippen LogP contribution in [0.1, 0.15) is 17.4 Å². The van der Waals surface area contributed by atoms with E-state index in [4.69, 9.17) is 16.9 Å². The molecule has 0 aliphatic rings. The van der Waals surface area contributed by atoms with Crippen LogP contribution >= 0.6 is 34.7 Å². The largest absolute Gasteiger partial charge is 0.268 e. The summed E-state index contributed by atoms with van der Waals surface area (Å²) in [4.78, 5) is 19.6. The molecule has 7 heteroatoms. The van der Waals surface area contributed by atoms with Crippen LogP contribution in [0.15, 0.2) is 34.2 Å². The normalized spacial score (nSPS) is 12.3. The van der Waals surface area contributed by atoms with Gasteiger partial charge >= 0.3 is 0 Å². The van der Waals surface area contributed by atoms with Crippen LogP contribution in [-0.4, -0.2) is 14.8 Å². The van der Waals surface area contributed by atoms with E-state index in [-0.39, 0.29) is 10.8 Å². The average molecular weight is 376 g/mol. The molecular weight excluding hydrogens is 362 g/mol. The second-order valence-electron chi connectivity index (χ2n) is 5.36. The van der Waals surface area contributed by atoms with E-state index >= 15 is 0 Å². The average Bonchev–Trinajstić information content (AvgIpc) is 2.83. The standard InChI is InChI=1S/C17H14ClN3OS2/c1-9(8-19)23-17-20-15-14(10(2)11(3)24-15)16(22)21(17)13-6-4-12(18)5-7-13/h4-7,9H,1-3H3. The third kappa shape index (κ3) is 2.95. The lowest BCUT2D eigenvalue weighted by atomic mass is 10.2. The minimum atomic E-state index is -0.310. The van der Waals surface area contributed by atoms with E-state index in [1.165, 1.54) is 23.1 Å². The molecule has 1 aromatic carbocycles. The Bertz CT molecular complexity index is 1020. The molecule has 0 bridgehead atoms. The van der Waals surface area contributed by atoms with E-state index in [1.807, 2.05) is 13.8 Å². The maximum absolute atomic E-state index is 13.1. The predicted octanol–water partition coefficient (Wildman–Crippen LogP) is 4.72. The first kappa shape index (κ1) is 17.0. The van der Waals surface area contributed by atoms with Gasteiger partial charge in [0.15, 0.2) is 5.16 Å². The number of hydrogen-bond acceptors (Lipinski definition) is 5. The van der Waals surface area contributed by atoms with E-state index in [0.717, 1.165) is 10.4 Å². The van der Waals surface area contributed by atoms with Gasteiger partial charge in [-0.2, -0.15) is 5.26 Å². The Kier molecular flexibility index (Phi) is 4.68. The van der Waals surface area contributed by atoms with Gasteiger partial charge in [-0.1, -0.05) is 23.4 Å². The van der Waals surface area contributed by atoms with Gasteiger partial charge in [0, 0.05) is 9.90 Å². The summed E-state index contributed by atoms with van der Waals surface area (Å²) in [5, 5.41) is 10.6. The lowest BCUT2D eigenvalue weighted by Crippen LogP contribution is -2.22. The fourth-order valence-corrected chi connectivity index (χ4v) is 4.37. The van der Waals surface area contributed by atoms with E-state index in [9.17, 15) is 4.79 Å². The summed E-state index contributed by atoms with van der Waals surface area (Å²) in [6, 6.07) is 9.22. The number of thioether (sulfide) groups is 1. The van der Waals surface area contributed by atoms with Gasteiger partial charge in [-0.25, -0.2) is 4.98 Å². The van der Waals surface area contributed by atoms with Crippen LogP contribution < -0.4 is 5.56 Å². The Morgan fingerprint density at radius 2 is 2.00 bits per heavy atom. The summed E-state index contributed by atoms with van der Waals surface area (Å²) in [5.74, 6) is 0. The molecule has 0 saturated heterocycles. The first-order chi connectivity index (χ1) is 11.4. The third-order valence-corrected chi connectivity index (χ3v) is 6.02. The van der Waals surface area contributed by atoms with Crippen molar-refractivity contribution in [1.29, 1.82) is 5.26 Å². The van der Waals surface area contributed by atoms with Crippen molar-refractivity contribution in [3.8, 4) is 11.8 Å². The fourth-order valence-electron chi connectivity index (χ4n) is 2.36. The lowest BCUT2D eigenvalue weighted by molar-refractivity contribution is 0.820. The molecule has 4 nitrogen and oxygen atoms in total. The van der Waals surface area contributed by atoms with Crippen LogP contribution in [0.25, 0.3) is 15.9 Å². The monoisotopic (exact) mass is 375 g/mol. The van der Waals surface area contributed by atoms with Gasteiger partial charge in [0.05, 0.1) is 22.4 Å². The smallest absolute Gasteiger partial charge is 0.267 e. The molecular formula is C17H14ClN3OS2. The van der Waals surface area contributed by atoms with E-state index in [2.05, 4.69) is 11.1 Å². The molecule has 0 amide bonds. The topological polar surface area (TPSA) is 58.7 Å². The van der Waals surface area contributed by atoms with Crippen molar-refractivity contribution in [3.63, 3.8) is 0 Å². The number of halogens is 1.